The number of hydrogen-bond acceptors (Lipinski definition) is 0. The molecule has 0 amide bonds. The zero-order valence-electron chi connectivity index (χ0n) is 28.6. The second-order valence-corrected chi connectivity index (χ2v) is 13.7. The minimum Gasteiger partial charge on any atom is -0.0622 e. The summed E-state index contributed by atoms with van der Waals surface area (Å²) in [6.07, 6.45) is 0. The predicted octanol–water partition coefficient (Wildman–Crippen LogP) is 14.6. The summed E-state index contributed by atoms with van der Waals surface area (Å²) in [4.78, 5) is 0. The van der Waals surface area contributed by atoms with E-state index in [0.29, 0.717) is 0 Å². The van der Waals surface area contributed by atoms with Gasteiger partial charge in [-0.05, 0) is 129 Å². The normalized spacial score (nSPS) is 11.5. The molecule has 0 atom stereocenters. The van der Waals surface area contributed by atoms with Crippen molar-refractivity contribution in [3.8, 4) is 55.6 Å². The van der Waals surface area contributed by atoms with Gasteiger partial charge in [0.2, 0.25) is 0 Å². The first-order valence-electron chi connectivity index (χ1n) is 18.0. The van der Waals surface area contributed by atoms with Gasteiger partial charge in [0.05, 0.1) is 0 Å². The van der Waals surface area contributed by atoms with E-state index in [4.69, 9.17) is 0 Å². The number of fused-ring (bicyclic) bond motifs is 4. The molecule has 0 aliphatic heterocycles. The summed E-state index contributed by atoms with van der Waals surface area (Å²) < 4.78 is 0. The Hall–Kier alpha value is -6.76. The summed E-state index contributed by atoms with van der Waals surface area (Å²) >= 11 is 0. The standard InChI is InChI=1S/C52H34/c1-3-14-35(15-4-1)41-28-29-49-50(34-41)51(47-23-11-12-24-48(47)52(49)46-25-13-21-38-19-9-10-22-45(38)46)44-32-42(36-16-5-2-6-17-36)31-43(33-44)40-27-26-37-18-7-8-20-39(37)30-40/h1-34H. The maximum Gasteiger partial charge on any atom is -0.00201 e. The summed E-state index contributed by atoms with van der Waals surface area (Å²) in [5.41, 5.74) is 12.3. The predicted molar refractivity (Wildman–Crippen MR) is 224 cm³/mol. The van der Waals surface area contributed by atoms with E-state index in [1.807, 2.05) is 0 Å². The van der Waals surface area contributed by atoms with E-state index < -0.39 is 0 Å². The molecule has 0 aromatic heterocycles. The molecule has 10 aromatic carbocycles. The molecule has 242 valence electrons. The largest absolute Gasteiger partial charge is 0.0622 e. The number of hydrogen-bond donors (Lipinski definition) is 0. The third-order valence-corrected chi connectivity index (χ3v) is 10.6. The highest BCUT2D eigenvalue weighted by Gasteiger charge is 2.20. The quantitative estimate of drug-likeness (QED) is 0.161. The molecule has 0 nitrogen and oxygen atoms in total. The van der Waals surface area contributed by atoms with Gasteiger partial charge >= 0.3 is 0 Å². The molecule has 10 aromatic rings. The second-order valence-electron chi connectivity index (χ2n) is 13.7. The van der Waals surface area contributed by atoms with E-state index in [2.05, 4.69) is 206 Å². The number of benzene rings is 10. The third kappa shape index (κ3) is 5.16. The lowest BCUT2D eigenvalue weighted by molar-refractivity contribution is 1.59. The fourth-order valence-electron chi connectivity index (χ4n) is 8.14. The van der Waals surface area contributed by atoms with Crippen LogP contribution in [0.5, 0.6) is 0 Å². The maximum absolute atomic E-state index is 2.42. The Bertz CT molecular complexity index is 2930. The average molecular weight is 659 g/mol. The van der Waals surface area contributed by atoms with Crippen LogP contribution in [-0.4, -0.2) is 0 Å². The van der Waals surface area contributed by atoms with Crippen LogP contribution >= 0.6 is 0 Å². The molecular weight excluding hydrogens is 625 g/mol. The van der Waals surface area contributed by atoms with Gasteiger partial charge in [-0.3, -0.25) is 0 Å². The van der Waals surface area contributed by atoms with Gasteiger partial charge in [0.1, 0.15) is 0 Å². The van der Waals surface area contributed by atoms with Gasteiger partial charge in [0.15, 0.2) is 0 Å². The fourth-order valence-corrected chi connectivity index (χ4v) is 8.14. The van der Waals surface area contributed by atoms with Crippen molar-refractivity contribution in [2.45, 2.75) is 0 Å². The Labute approximate surface area is 303 Å². The van der Waals surface area contributed by atoms with Crippen molar-refractivity contribution in [2.75, 3.05) is 0 Å². The van der Waals surface area contributed by atoms with Gasteiger partial charge in [0, 0.05) is 0 Å². The highest BCUT2D eigenvalue weighted by atomic mass is 14.2. The molecule has 0 aliphatic rings. The van der Waals surface area contributed by atoms with E-state index in [0.717, 1.165) is 0 Å². The first kappa shape index (κ1) is 30.1. The van der Waals surface area contributed by atoms with Gasteiger partial charge in [-0.15, -0.1) is 0 Å². The molecule has 0 spiro atoms. The van der Waals surface area contributed by atoms with Crippen molar-refractivity contribution in [1.82, 2.24) is 0 Å². The lowest BCUT2D eigenvalue weighted by Crippen LogP contribution is -1.93. The van der Waals surface area contributed by atoms with Crippen LogP contribution < -0.4 is 0 Å². The van der Waals surface area contributed by atoms with Crippen molar-refractivity contribution in [3.63, 3.8) is 0 Å². The van der Waals surface area contributed by atoms with E-state index in [9.17, 15) is 0 Å². The molecule has 0 fully saturated rings. The fraction of sp³-hybridized carbons (Fsp3) is 0. The van der Waals surface area contributed by atoms with Gasteiger partial charge in [-0.2, -0.15) is 0 Å². The van der Waals surface area contributed by atoms with Gasteiger partial charge < -0.3 is 0 Å². The van der Waals surface area contributed by atoms with Crippen LogP contribution in [0.4, 0.5) is 0 Å². The molecule has 0 heterocycles. The minimum absolute atomic E-state index is 1.20. The van der Waals surface area contributed by atoms with Crippen LogP contribution in [0.15, 0.2) is 206 Å². The summed E-state index contributed by atoms with van der Waals surface area (Å²) in [7, 11) is 0. The second kappa shape index (κ2) is 12.5. The van der Waals surface area contributed by atoms with Crippen molar-refractivity contribution in [1.29, 1.82) is 0 Å². The smallest absolute Gasteiger partial charge is 0.00201 e. The van der Waals surface area contributed by atoms with Crippen LogP contribution in [0, 0.1) is 0 Å². The molecular formula is C52H34. The average Bonchev–Trinajstić information content (AvgIpc) is 3.22. The van der Waals surface area contributed by atoms with E-state index in [-0.39, 0.29) is 0 Å². The number of rotatable bonds is 5. The third-order valence-electron chi connectivity index (χ3n) is 10.6. The molecule has 0 heteroatoms. The summed E-state index contributed by atoms with van der Waals surface area (Å²) in [6, 6.07) is 75.7. The van der Waals surface area contributed by atoms with E-state index in [1.165, 1.54) is 98.7 Å². The Morgan fingerprint density at radius 3 is 1.44 bits per heavy atom. The van der Waals surface area contributed by atoms with Crippen molar-refractivity contribution < 1.29 is 0 Å². The Kier molecular flexibility index (Phi) is 7.25. The van der Waals surface area contributed by atoms with Gasteiger partial charge in [0.25, 0.3) is 0 Å². The topological polar surface area (TPSA) is 0 Å². The highest BCUT2D eigenvalue weighted by molar-refractivity contribution is 6.24. The lowest BCUT2D eigenvalue weighted by atomic mass is 9.82. The van der Waals surface area contributed by atoms with Crippen LogP contribution in [-0.2, 0) is 0 Å². The highest BCUT2D eigenvalue weighted by Crippen LogP contribution is 2.47. The maximum atomic E-state index is 2.42. The molecule has 0 saturated carbocycles. The van der Waals surface area contributed by atoms with Crippen LogP contribution in [0.3, 0.4) is 0 Å². The van der Waals surface area contributed by atoms with Crippen molar-refractivity contribution >= 4 is 43.1 Å². The molecule has 0 aliphatic carbocycles. The molecule has 52 heavy (non-hydrogen) atoms. The minimum atomic E-state index is 1.20. The van der Waals surface area contributed by atoms with Crippen LogP contribution in [0.2, 0.25) is 0 Å². The van der Waals surface area contributed by atoms with Gasteiger partial charge in [-0.25, -0.2) is 0 Å². The van der Waals surface area contributed by atoms with Gasteiger partial charge in [-0.1, -0.05) is 176 Å². The first-order chi connectivity index (χ1) is 25.8. The zero-order valence-corrected chi connectivity index (χ0v) is 28.6. The Morgan fingerprint density at radius 1 is 0.192 bits per heavy atom. The first-order valence-corrected chi connectivity index (χ1v) is 18.0. The van der Waals surface area contributed by atoms with Crippen LogP contribution in [0.25, 0.3) is 98.7 Å². The molecule has 0 bridgehead atoms. The summed E-state index contributed by atoms with van der Waals surface area (Å²) in [5.74, 6) is 0. The van der Waals surface area contributed by atoms with Crippen molar-refractivity contribution in [2.24, 2.45) is 0 Å². The van der Waals surface area contributed by atoms with Crippen LogP contribution in [0.1, 0.15) is 0 Å². The van der Waals surface area contributed by atoms with E-state index >= 15 is 0 Å². The summed E-state index contributed by atoms with van der Waals surface area (Å²) in [6.45, 7) is 0. The molecule has 0 radical (unpaired) electrons. The van der Waals surface area contributed by atoms with E-state index in [1.54, 1.807) is 0 Å². The Morgan fingerprint density at radius 2 is 0.692 bits per heavy atom. The molecule has 0 N–H and O–H groups in total. The SMILES string of the molecule is c1ccc(-c2cc(-c3ccc4ccccc4c3)cc(-c3c4ccccc4c(-c4cccc5ccccc45)c4ccc(-c5ccccc5)cc34)c2)cc1. The molecule has 0 saturated heterocycles. The summed E-state index contributed by atoms with van der Waals surface area (Å²) in [5, 5.41) is 10.0. The monoisotopic (exact) mass is 658 g/mol. The molecule has 0 unspecified atom stereocenters. The van der Waals surface area contributed by atoms with Crippen molar-refractivity contribution in [3.05, 3.63) is 206 Å². The lowest BCUT2D eigenvalue weighted by Gasteiger charge is -2.21. The Balaban J connectivity index is 1.33. The molecule has 10 rings (SSSR count). The zero-order chi connectivity index (χ0) is 34.4.